The van der Waals surface area contributed by atoms with Crippen molar-refractivity contribution in [1.82, 2.24) is 4.98 Å². The molecule has 102 valence electrons. The van der Waals surface area contributed by atoms with Gasteiger partial charge in [0.15, 0.2) is 0 Å². The number of aromatic nitrogens is 1. The predicted octanol–water partition coefficient (Wildman–Crippen LogP) is 3.40. The molecule has 1 heterocycles. The largest absolute Gasteiger partial charge is 0.324 e. The Morgan fingerprint density at radius 2 is 1.85 bits per heavy atom. The molecule has 1 amide bonds. The summed E-state index contributed by atoms with van der Waals surface area (Å²) in [5.41, 5.74) is 4.02. The second-order valence-corrected chi connectivity index (χ2v) is 5.52. The first kappa shape index (κ1) is 13.1. The van der Waals surface area contributed by atoms with E-state index in [1.54, 1.807) is 12.1 Å². The number of halogens is 1. The number of carbonyl (C=O) groups is 1. The third-order valence-corrected chi connectivity index (χ3v) is 3.94. The zero-order chi connectivity index (χ0) is 14.1. The summed E-state index contributed by atoms with van der Waals surface area (Å²) in [6.45, 7) is 1.84. The van der Waals surface area contributed by atoms with Gasteiger partial charge in [-0.2, -0.15) is 0 Å². The van der Waals surface area contributed by atoms with Crippen LogP contribution in [0, 0.1) is 12.8 Å². The molecule has 2 aromatic rings. The summed E-state index contributed by atoms with van der Waals surface area (Å²) in [4.78, 5) is 16.5. The van der Waals surface area contributed by atoms with E-state index in [2.05, 4.69) is 22.4 Å². The molecule has 0 spiro atoms. The second kappa shape index (κ2) is 5.25. The molecular formula is C16H15ClN2O. The van der Waals surface area contributed by atoms with E-state index in [-0.39, 0.29) is 11.8 Å². The minimum Gasteiger partial charge on any atom is -0.324 e. The first-order valence-electron chi connectivity index (χ1n) is 6.64. The van der Waals surface area contributed by atoms with Crippen molar-refractivity contribution in [3.8, 4) is 0 Å². The standard InChI is InChI=1S/C16H15ClN2O/c1-10-14(6-7-15(17)18-10)19-16(20)13-8-11-4-2-3-5-12(11)9-13/h2-7,13H,8-9H2,1H3,(H,19,20). The number of benzene rings is 1. The van der Waals surface area contributed by atoms with Crippen LogP contribution >= 0.6 is 11.6 Å². The number of hydrogen-bond acceptors (Lipinski definition) is 2. The number of nitrogens with one attached hydrogen (secondary N) is 1. The van der Waals surface area contributed by atoms with Crippen LogP contribution in [0.2, 0.25) is 5.15 Å². The molecule has 0 saturated heterocycles. The van der Waals surface area contributed by atoms with Gasteiger partial charge in [0.25, 0.3) is 0 Å². The van der Waals surface area contributed by atoms with E-state index in [0.717, 1.165) is 24.2 Å². The molecule has 4 heteroatoms. The highest BCUT2D eigenvalue weighted by Crippen LogP contribution is 2.27. The number of aryl methyl sites for hydroxylation is 1. The number of amides is 1. The van der Waals surface area contributed by atoms with Gasteiger partial charge in [0.05, 0.1) is 11.4 Å². The van der Waals surface area contributed by atoms with E-state index in [0.29, 0.717) is 5.15 Å². The molecule has 0 radical (unpaired) electrons. The van der Waals surface area contributed by atoms with Crippen LogP contribution in [-0.2, 0) is 17.6 Å². The van der Waals surface area contributed by atoms with Crippen LogP contribution in [0.1, 0.15) is 16.8 Å². The van der Waals surface area contributed by atoms with Gasteiger partial charge in [-0.15, -0.1) is 0 Å². The summed E-state index contributed by atoms with van der Waals surface area (Å²) in [6, 6.07) is 11.7. The number of hydrogen-bond donors (Lipinski definition) is 1. The van der Waals surface area contributed by atoms with E-state index < -0.39 is 0 Å². The molecule has 0 atom stereocenters. The van der Waals surface area contributed by atoms with Crippen LogP contribution < -0.4 is 5.32 Å². The average molecular weight is 287 g/mol. The summed E-state index contributed by atoms with van der Waals surface area (Å²) < 4.78 is 0. The van der Waals surface area contributed by atoms with E-state index in [1.807, 2.05) is 19.1 Å². The van der Waals surface area contributed by atoms with E-state index >= 15 is 0 Å². The predicted molar refractivity (Wildman–Crippen MR) is 80.0 cm³/mol. The van der Waals surface area contributed by atoms with E-state index in [4.69, 9.17) is 11.6 Å². The van der Waals surface area contributed by atoms with Gasteiger partial charge in [-0.1, -0.05) is 35.9 Å². The maximum Gasteiger partial charge on any atom is 0.228 e. The molecule has 1 aliphatic rings. The number of carbonyl (C=O) groups excluding carboxylic acids is 1. The highest BCUT2D eigenvalue weighted by atomic mass is 35.5. The molecule has 3 rings (SSSR count). The van der Waals surface area contributed by atoms with Crippen LogP contribution in [0.5, 0.6) is 0 Å². The molecule has 0 fully saturated rings. The van der Waals surface area contributed by atoms with Gasteiger partial charge in [-0.05, 0) is 43.0 Å². The Labute approximate surface area is 123 Å². The van der Waals surface area contributed by atoms with Gasteiger partial charge in [0.1, 0.15) is 5.15 Å². The minimum absolute atomic E-state index is 0.00229. The lowest BCUT2D eigenvalue weighted by atomic mass is 10.1. The molecule has 1 aromatic heterocycles. The smallest absolute Gasteiger partial charge is 0.228 e. The van der Waals surface area contributed by atoms with Gasteiger partial charge < -0.3 is 5.32 Å². The monoisotopic (exact) mass is 286 g/mol. The number of anilines is 1. The van der Waals surface area contributed by atoms with Gasteiger partial charge >= 0.3 is 0 Å². The zero-order valence-electron chi connectivity index (χ0n) is 11.2. The van der Waals surface area contributed by atoms with Crippen molar-refractivity contribution in [1.29, 1.82) is 0 Å². The van der Waals surface area contributed by atoms with E-state index in [1.165, 1.54) is 11.1 Å². The van der Waals surface area contributed by atoms with Crippen molar-refractivity contribution in [2.45, 2.75) is 19.8 Å². The van der Waals surface area contributed by atoms with Crippen LogP contribution in [0.3, 0.4) is 0 Å². The van der Waals surface area contributed by atoms with Crippen molar-refractivity contribution in [2.75, 3.05) is 5.32 Å². The van der Waals surface area contributed by atoms with Crippen LogP contribution in [0.25, 0.3) is 0 Å². The Hall–Kier alpha value is -1.87. The first-order valence-corrected chi connectivity index (χ1v) is 7.02. The molecule has 0 saturated carbocycles. The first-order chi connectivity index (χ1) is 9.63. The van der Waals surface area contributed by atoms with Crippen molar-refractivity contribution < 1.29 is 4.79 Å². The van der Waals surface area contributed by atoms with Crippen LogP contribution in [-0.4, -0.2) is 10.9 Å². The lowest BCUT2D eigenvalue weighted by Crippen LogP contribution is -2.23. The Bertz CT molecular complexity index is 644. The maximum absolute atomic E-state index is 12.3. The number of nitrogens with zero attached hydrogens (tertiary/aromatic N) is 1. The lowest BCUT2D eigenvalue weighted by molar-refractivity contribution is -0.119. The van der Waals surface area contributed by atoms with E-state index in [9.17, 15) is 4.79 Å². The number of pyridine rings is 1. The summed E-state index contributed by atoms with van der Waals surface area (Å²) in [5, 5.41) is 3.39. The Morgan fingerprint density at radius 3 is 2.45 bits per heavy atom. The summed E-state index contributed by atoms with van der Waals surface area (Å²) in [6.07, 6.45) is 1.62. The molecule has 3 nitrogen and oxygen atoms in total. The topological polar surface area (TPSA) is 42.0 Å². The molecule has 0 bridgehead atoms. The quantitative estimate of drug-likeness (QED) is 0.860. The molecular weight excluding hydrogens is 272 g/mol. The summed E-state index contributed by atoms with van der Waals surface area (Å²) in [5.74, 6) is 0.0518. The van der Waals surface area contributed by atoms with Crippen LogP contribution in [0.4, 0.5) is 5.69 Å². The Morgan fingerprint density at radius 1 is 1.20 bits per heavy atom. The third-order valence-electron chi connectivity index (χ3n) is 3.73. The fourth-order valence-electron chi connectivity index (χ4n) is 2.64. The fraction of sp³-hybridized carbons (Fsp3) is 0.250. The number of fused-ring (bicyclic) bond motifs is 1. The number of rotatable bonds is 2. The van der Waals surface area contributed by atoms with Gasteiger partial charge in [-0.3, -0.25) is 4.79 Å². The molecule has 1 N–H and O–H groups in total. The molecule has 1 aliphatic carbocycles. The molecule has 20 heavy (non-hydrogen) atoms. The highest BCUT2D eigenvalue weighted by Gasteiger charge is 2.27. The highest BCUT2D eigenvalue weighted by molar-refractivity contribution is 6.29. The SMILES string of the molecule is Cc1nc(Cl)ccc1NC(=O)C1Cc2ccccc2C1. The second-order valence-electron chi connectivity index (χ2n) is 5.13. The maximum atomic E-state index is 12.3. The normalized spacial score (nSPS) is 14.1. The molecule has 0 unspecified atom stereocenters. The van der Waals surface area contributed by atoms with Crippen molar-refractivity contribution in [3.63, 3.8) is 0 Å². The Balaban J connectivity index is 1.72. The van der Waals surface area contributed by atoms with Crippen LogP contribution in [0.15, 0.2) is 36.4 Å². The van der Waals surface area contributed by atoms with Gasteiger partial charge in [-0.25, -0.2) is 4.98 Å². The molecule has 0 aliphatic heterocycles. The summed E-state index contributed by atoms with van der Waals surface area (Å²) in [7, 11) is 0. The summed E-state index contributed by atoms with van der Waals surface area (Å²) >= 11 is 5.82. The van der Waals surface area contributed by atoms with Crippen molar-refractivity contribution >= 4 is 23.2 Å². The van der Waals surface area contributed by atoms with Gasteiger partial charge in [0.2, 0.25) is 5.91 Å². The zero-order valence-corrected chi connectivity index (χ0v) is 11.9. The average Bonchev–Trinajstić information content (AvgIpc) is 2.86. The Kier molecular flexibility index (Phi) is 3.45. The molecule has 1 aromatic carbocycles. The minimum atomic E-state index is 0.00229. The third kappa shape index (κ3) is 2.54. The van der Waals surface area contributed by atoms with Crippen molar-refractivity contribution in [2.24, 2.45) is 5.92 Å². The fourth-order valence-corrected chi connectivity index (χ4v) is 2.83. The van der Waals surface area contributed by atoms with Crippen molar-refractivity contribution in [3.05, 3.63) is 58.4 Å². The lowest BCUT2D eigenvalue weighted by Gasteiger charge is -2.12. The van der Waals surface area contributed by atoms with Gasteiger partial charge in [0, 0.05) is 5.92 Å².